The second-order valence-electron chi connectivity index (χ2n) is 7.24. The average Bonchev–Trinajstić information content (AvgIpc) is 2.68. The quantitative estimate of drug-likeness (QED) is 0.589. The van der Waals surface area contributed by atoms with E-state index >= 15 is 0 Å². The van der Waals surface area contributed by atoms with Gasteiger partial charge < -0.3 is 21.7 Å². The smallest absolute Gasteiger partial charge is 0.404 e. The van der Waals surface area contributed by atoms with Gasteiger partial charge in [-0.2, -0.15) is 13.2 Å². The van der Waals surface area contributed by atoms with Gasteiger partial charge in [0, 0.05) is 47.7 Å². The van der Waals surface area contributed by atoms with E-state index in [0.717, 1.165) is 47.6 Å². The first kappa shape index (κ1) is 20.5. The monoisotopic (exact) mass is 392 g/mol. The fourth-order valence-electron chi connectivity index (χ4n) is 3.80. The van der Waals surface area contributed by atoms with E-state index in [1.54, 1.807) is 12.3 Å². The van der Waals surface area contributed by atoms with Crippen LogP contribution in [0.5, 0.6) is 0 Å². The SMILES string of the molecule is C=C/C=c1/cc(C2C=C(C(F)(F)F)CNC2)cc(NC2CCNCC2)/c1=C/N. The van der Waals surface area contributed by atoms with E-state index in [-0.39, 0.29) is 12.5 Å². The summed E-state index contributed by atoms with van der Waals surface area (Å²) in [6.07, 6.45) is 4.03. The first-order valence-electron chi connectivity index (χ1n) is 9.57. The number of benzene rings is 1. The lowest BCUT2D eigenvalue weighted by Crippen LogP contribution is -2.39. The van der Waals surface area contributed by atoms with Crippen LogP contribution in [-0.2, 0) is 0 Å². The second kappa shape index (κ2) is 8.84. The van der Waals surface area contributed by atoms with Gasteiger partial charge in [-0.1, -0.05) is 30.9 Å². The minimum absolute atomic E-state index is 0.152. The molecule has 0 radical (unpaired) electrons. The van der Waals surface area contributed by atoms with Gasteiger partial charge in [-0.25, -0.2) is 0 Å². The Morgan fingerprint density at radius 1 is 1.18 bits per heavy atom. The zero-order valence-corrected chi connectivity index (χ0v) is 15.8. The summed E-state index contributed by atoms with van der Waals surface area (Å²) in [5.41, 5.74) is 7.04. The highest BCUT2D eigenvalue weighted by molar-refractivity contribution is 5.56. The number of nitrogens with one attached hydrogen (secondary N) is 3. The molecule has 0 saturated carbocycles. The van der Waals surface area contributed by atoms with Crippen LogP contribution in [0.1, 0.15) is 24.3 Å². The summed E-state index contributed by atoms with van der Waals surface area (Å²) in [5, 5.41) is 11.5. The molecular weight excluding hydrogens is 365 g/mol. The Morgan fingerprint density at radius 3 is 2.57 bits per heavy atom. The minimum atomic E-state index is -4.32. The molecule has 1 aromatic rings. The van der Waals surface area contributed by atoms with Gasteiger partial charge in [-0.05, 0) is 42.8 Å². The summed E-state index contributed by atoms with van der Waals surface area (Å²) in [7, 11) is 0. The highest BCUT2D eigenvalue weighted by Crippen LogP contribution is 2.31. The summed E-state index contributed by atoms with van der Waals surface area (Å²) in [6, 6.07) is 4.14. The standard InChI is InChI=1S/C21H27F3N4/c1-2-3-14-8-15(16-9-17(13-27-12-16)21(22,23)24)10-20(19(14)11-25)28-18-4-6-26-7-5-18/h2-3,8-11,16,18,26-28H,1,4-7,12-13,25H2/b14-3-,19-11+. The van der Waals surface area contributed by atoms with Crippen LogP contribution in [0.3, 0.4) is 0 Å². The van der Waals surface area contributed by atoms with Gasteiger partial charge in [0.2, 0.25) is 0 Å². The summed E-state index contributed by atoms with van der Waals surface area (Å²) < 4.78 is 39.5. The molecule has 0 aromatic heterocycles. The van der Waals surface area contributed by atoms with Crippen molar-refractivity contribution in [1.82, 2.24) is 10.6 Å². The number of anilines is 1. The third-order valence-electron chi connectivity index (χ3n) is 5.27. The predicted molar refractivity (Wildman–Crippen MR) is 108 cm³/mol. The predicted octanol–water partition coefficient (Wildman–Crippen LogP) is 1.69. The molecule has 28 heavy (non-hydrogen) atoms. The Kier molecular flexibility index (Phi) is 6.46. The summed E-state index contributed by atoms with van der Waals surface area (Å²) in [4.78, 5) is 0. The Hall–Kier alpha value is -2.25. The first-order chi connectivity index (χ1) is 13.4. The Morgan fingerprint density at radius 2 is 1.93 bits per heavy atom. The summed E-state index contributed by atoms with van der Waals surface area (Å²) in [5.74, 6) is -0.359. The molecule has 0 aliphatic carbocycles. The molecule has 1 saturated heterocycles. The van der Waals surface area contributed by atoms with Crippen LogP contribution >= 0.6 is 0 Å². The molecule has 2 aliphatic rings. The maximum Gasteiger partial charge on any atom is 0.413 e. The maximum absolute atomic E-state index is 13.2. The third-order valence-corrected chi connectivity index (χ3v) is 5.27. The van der Waals surface area contributed by atoms with Crippen molar-refractivity contribution in [3.63, 3.8) is 0 Å². The van der Waals surface area contributed by atoms with E-state index in [1.165, 1.54) is 6.08 Å². The molecule has 152 valence electrons. The fraction of sp³-hybridized carbons (Fsp3) is 0.429. The molecule has 1 atom stereocenters. The summed E-state index contributed by atoms with van der Waals surface area (Å²) >= 11 is 0. The van der Waals surface area contributed by atoms with Crippen molar-refractivity contribution in [1.29, 1.82) is 0 Å². The molecule has 0 bridgehead atoms. The molecular formula is C21H27F3N4. The van der Waals surface area contributed by atoms with Crippen molar-refractivity contribution >= 4 is 18.0 Å². The normalized spacial score (nSPS) is 22.8. The average molecular weight is 392 g/mol. The van der Waals surface area contributed by atoms with Gasteiger partial charge >= 0.3 is 6.18 Å². The topological polar surface area (TPSA) is 62.1 Å². The van der Waals surface area contributed by atoms with Gasteiger partial charge in [0.15, 0.2) is 0 Å². The van der Waals surface area contributed by atoms with E-state index in [9.17, 15) is 13.2 Å². The van der Waals surface area contributed by atoms with Gasteiger partial charge in [-0.15, -0.1) is 0 Å². The molecule has 4 nitrogen and oxygen atoms in total. The highest BCUT2D eigenvalue weighted by Gasteiger charge is 2.35. The zero-order valence-electron chi connectivity index (χ0n) is 15.8. The minimum Gasteiger partial charge on any atom is -0.404 e. The van der Waals surface area contributed by atoms with Crippen molar-refractivity contribution in [2.45, 2.75) is 31.0 Å². The molecule has 1 fully saturated rings. The number of allylic oxidation sites excluding steroid dienone is 1. The Balaban J connectivity index is 2.04. The number of hydrogen-bond donors (Lipinski definition) is 4. The van der Waals surface area contributed by atoms with Gasteiger partial charge in [0.25, 0.3) is 0 Å². The zero-order chi connectivity index (χ0) is 20.1. The molecule has 5 N–H and O–H groups in total. The van der Waals surface area contributed by atoms with Gasteiger partial charge in [-0.3, -0.25) is 0 Å². The first-order valence-corrected chi connectivity index (χ1v) is 9.57. The van der Waals surface area contributed by atoms with Crippen LogP contribution in [-0.4, -0.2) is 38.4 Å². The number of rotatable bonds is 4. The molecule has 1 aromatic carbocycles. The van der Waals surface area contributed by atoms with Gasteiger partial charge in [0.05, 0.1) is 0 Å². The molecule has 7 heteroatoms. The van der Waals surface area contributed by atoms with Crippen molar-refractivity contribution in [3.05, 3.63) is 52.4 Å². The van der Waals surface area contributed by atoms with E-state index in [0.29, 0.717) is 12.6 Å². The van der Waals surface area contributed by atoms with E-state index < -0.39 is 11.7 Å². The van der Waals surface area contributed by atoms with Crippen molar-refractivity contribution < 1.29 is 13.2 Å². The van der Waals surface area contributed by atoms with Crippen molar-refractivity contribution in [2.24, 2.45) is 5.73 Å². The lowest BCUT2D eigenvalue weighted by molar-refractivity contribution is -0.0939. The van der Waals surface area contributed by atoms with E-state index in [1.807, 2.05) is 18.2 Å². The van der Waals surface area contributed by atoms with Crippen LogP contribution in [0, 0.1) is 0 Å². The number of piperidine rings is 1. The third kappa shape index (κ3) is 4.77. The number of nitrogens with two attached hydrogens (primary N) is 1. The Labute approximate surface area is 163 Å². The molecule has 0 amide bonds. The van der Waals surface area contributed by atoms with Crippen LogP contribution in [0.2, 0.25) is 0 Å². The molecule has 0 spiro atoms. The molecule has 2 aliphatic heterocycles. The van der Waals surface area contributed by atoms with Crippen LogP contribution < -0.4 is 32.1 Å². The van der Waals surface area contributed by atoms with E-state index in [2.05, 4.69) is 22.5 Å². The van der Waals surface area contributed by atoms with Crippen LogP contribution in [0.25, 0.3) is 12.3 Å². The highest BCUT2D eigenvalue weighted by atomic mass is 19.4. The maximum atomic E-state index is 13.2. The number of alkyl halides is 3. The van der Waals surface area contributed by atoms with Crippen molar-refractivity contribution in [2.75, 3.05) is 31.5 Å². The van der Waals surface area contributed by atoms with E-state index in [4.69, 9.17) is 5.73 Å². The lowest BCUT2D eigenvalue weighted by atomic mass is 9.91. The lowest BCUT2D eigenvalue weighted by Gasteiger charge is -2.27. The van der Waals surface area contributed by atoms with Crippen molar-refractivity contribution in [3.8, 4) is 0 Å². The Bertz CT molecular complexity index is 852. The second-order valence-corrected chi connectivity index (χ2v) is 7.24. The largest absolute Gasteiger partial charge is 0.413 e. The molecule has 2 heterocycles. The molecule has 3 rings (SSSR count). The van der Waals surface area contributed by atoms with Crippen LogP contribution in [0.15, 0.2) is 36.4 Å². The summed E-state index contributed by atoms with van der Waals surface area (Å²) in [6.45, 7) is 5.94. The van der Waals surface area contributed by atoms with Crippen LogP contribution in [0.4, 0.5) is 18.9 Å². The molecule has 1 unspecified atom stereocenters. The number of hydrogen-bond acceptors (Lipinski definition) is 4. The fourth-order valence-corrected chi connectivity index (χ4v) is 3.80. The number of halogens is 3. The van der Waals surface area contributed by atoms with Gasteiger partial charge in [0.1, 0.15) is 0 Å².